The number of methoxy groups -OCH3 is 1. The summed E-state index contributed by atoms with van der Waals surface area (Å²) >= 11 is 1.14. The minimum atomic E-state index is -0.0793. The predicted molar refractivity (Wildman–Crippen MR) is 90.3 cm³/mol. The van der Waals surface area contributed by atoms with E-state index in [9.17, 15) is 4.79 Å². The summed E-state index contributed by atoms with van der Waals surface area (Å²) in [7, 11) is 1.68. The number of hydrogen-bond donors (Lipinski definition) is 1. The van der Waals surface area contributed by atoms with Crippen LogP contribution in [-0.4, -0.2) is 41.7 Å². The third-order valence-corrected chi connectivity index (χ3v) is 4.87. The molecule has 0 aliphatic carbocycles. The number of carbonyl (C=O) groups is 1. The minimum Gasteiger partial charge on any atom is -0.495 e. The molecular weight excluding hydrogens is 312 g/mol. The Bertz CT molecular complexity index is 688. The summed E-state index contributed by atoms with van der Waals surface area (Å²) in [5.74, 6) is 0.784. The summed E-state index contributed by atoms with van der Waals surface area (Å²) in [6.45, 7) is 3.55. The van der Waals surface area contributed by atoms with Gasteiger partial charge >= 0.3 is 0 Å². The second-order valence-electron chi connectivity index (χ2n) is 5.62. The lowest BCUT2D eigenvalue weighted by molar-refractivity contribution is 0.0936. The van der Waals surface area contributed by atoms with Gasteiger partial charge in [0.1, 0.15) is 10.6 Å². The predicted octanol–water partition coefficient (Wildman–Crippen LogP) is 2.25. The lowest BCUT2D eigenvalue weighted by Crippen LogP contribution is -2.47. The van der Waals surface area contributed by atoms with Crippen LogP contribution in [0.4, 0.5) is 5.69 Å². The number of carbonyl (C=O) groups excluding carboxylic acids is 1. The summed E-state index contributed by atoms with van der Waals surface area (Å²) in [5, 5.41) is 7.01. The zero-order valence-corrected chi connectivity index (χ0v) is 14.1. The van der Waals surface area contributed by atoms with Crippen LogP contribution < -0.4 is 15.0 Å². The van der Waals surface area contributed by atoms with Gasteiger partial charge in [0, 0.05) is 19.1 Å². The second-order valence-corrected chi connectivity index (χ2v) is 6.37. The van der Waals surface area contributed by atoms with Gasteiger partial charge in [-0.25, -0.2) is 0 Å². The Balaban J connectivity index is 1.69. The fourth-order valence-electron chi connectivity index (χ4n) is 2.90. The molecule has 1 saturated heterocycles. The smallest absolute Gasteiger partial charge is 0.265 e. The van der Waals surface area contributed by atoms with Gasteiger partial charge in [-0.15, -0.1) is 5.10 Å². The number of hydrogen-bond acceptors (Lipinski definition) is 6. The van der Waals surface area contributed by atoms with Crippen LogP contribution in [0, 0.1) is 6.92 Å². The molecule has 1 aromatic carbocycles. The van der Waals surface area contributed by atoms with E-state index in [1.54, 1.807) is 14.0 Å². The minimum absolute atomic E-state index is 0.0793. The van der Waals surface area contributed by atoms with Gasteiger partial charge in [-0.05, 0) is 43.4 Å². The summed E-state index contributed by atoms with van der Waals surface area (Å²) in [6, 6.07) is 8.10. The molecule has 0 spiro atoms. The van der Waals surface area contributed by atoms with Gasteiger partial charge in [0.05, 0.1) is 18.5 Å². The Morgan fingerprint density at radius 1 is 1.43 bits per heavy atom. The van der Waals surface area contributed by atoms with E-state index in [1.165, 1.54) is 0 Å². The van der Waals surface area contributed by atoms with Crippen LogP contribution in [0.5, 0.6) is 5.75 Å². The lowest BCUT2D eigenvalue weighted by Gasteiger charge is -2.35. The molecule has 0 radical (unpaired) electrons. The molecule has 1 fully saturated rings. The number of nitrogens with zero attached hydrogens (tertiary/aromatic N) is 3. The zero-order chi connectivity index (χ0) is 16.2. The van der Waals surface area contributed by atoms with E-state index in [4.69, 9.17) is 4.74 Å². The fourth-order valence-corrected chi connectivity index (χ4v) is 3.46. The number of benzene rings is 1. The highest BCUT2D eigenvalue weighted by atomic mass is 32.1. The van der Waals surface area contributed by atoms with Gasteiger partial charge in [-0.2, -0.15) is 0 Å². The molecule has 7 heteroatoms. The van der Waals surface area contributed by atoms with Crippen molar-refractivity contribution in [2.75, 3.05) is 25.1 Å². The van der Waals surface area contributed by atoms with Gasteiger partial charge in [-0.3, -0.25) is 4.79 Å². The number of rotatable bonds is 4. The molecule has 1 aliphatic heterocycles. The quantitative estimate of drug-likeness (QED) is 0.930. The van der Waals surface area contributed by atoms with Crippen molar-refractivity contribution in [2.45, 2.75) is 25.8 Å². The largest absolute Gasteiger partial charge is 0.495 e. The zero-order valence-electron chi connectivity index (χ0n) is 13.3. The van der Waals surface area contributed by atoms with Gasteiger partial charge in [-0.1, -0.05) is 16.6 Å². The maximum atomic E-state index is 12.3. The van der Waals surface area contributed by atoms with Gasteiger partial charge in [0.25, 0.3) is 5.91 Å². The molecule has 122 valence electrons. The Morgan fingerprint density at radius 3 is 3.00 bits per heavy atom. The Morgan fingerprint density at radius 2 is 2.26 bits per heavy atom. The van der Waals surface area contributed by atoms with Crippen molar-refractivity contribution in [3.63, 3.8) is 0 Å². The Hall–Kier alpha value is -2.15. The average Bonchev–Trinajstić information content (AvgIpc) is 3.01. The van der Waals surface area contributed by atoms with Crippen LogP contribution in [-0.2, 0) is 0 Å². The first kappa shape index (κ1) is 15.7. The second kappa shape index (κ2) is 6.95. The molecule has 0 bridgehead atoms. The molecule has 1 amide bonds. The normalized spacial score (nSPS) is 17.8. The van der Waals surface area contributed by atoms with E-state index in [0.29, 0.717) is 10.6 Å². The van der Waals surface area contributed by atoms with Crippen molar-refractivity contribution in [2.24, 2.45) is 0 Å². The number of ether oxygens (including phenoxy) is 1. The lowest BCUT2D eigenvalue weighted by atomic mass is 10.0. The Labute approximate surface area is 139 Å². The first-order chi connectivity index (χ1) is 11.2. The molecule has 2 aromatic rings. The van der Waals surface area contributed by atoms with Crippen molar-refractivity contribution in [1.82, 2.24) is 14.9 Å². The van der Waals surface area contributed by atoms with Crippen LogP contribution in [0.25, 0.3) is 0 Å². The monoisotopic (exact) mass is 332 g/mol. The van der Waals surface area contributed by atoms with Crippen LogP contribution >= 0.6 is 11.5 Å². The third-order valence-electron chi connectivity index (χ3n) is 4.04. The molecule has 0 unspecified atom stereocenters. The van der Waals surface area contributed by atoms with Crippen LogP contribution in [0.2, 0.25) is 0 Å². The number of piperidine rings is 1. The Kier molecular flexibility index (Phi) is 4.76. The molecule has 6 nitrogen and oxygen atoms in total. The molecule has 0 saturated carbocycles. The van der Waals surface area contributed by atoms with Gasteiger partial charge in [0.15, 0.2) is 0 Å². The van der Waals surface area contributed by atoms with Crippen molar-refractivity contribution in [3.05, 3.63) is 34.8 Å². The van der Waals surface area contributed by atoms with E-state index < -0.39 is 0 Å². The maximum absolute atomic E-state index is 12.3. The fraction of sp³-hybridized carbons (Fsp3) is 0.438. The summed E-state index contributed by atoms with van der Waals surface area (Å²) in [4.78, 5) is 15.2. The highest BCUT2D eigenvalue weighted by molar-refractivity contribution is 7.08. The molecule has 1 aliphatic rings. The molecule has 3 rings (SSSR count). The number of aryl methyl sites for hydroxylation is 1. The molecule has 2 heterocycles. The highest BCUT2D eigenvalue weighted by Crippen LogP contribution is 2.30. The van der Waals surface area contributed by atoms with Gasteiger partial charge < -0.3 is 15.0 Å². The van der Waals surface area contributed by atoms with Crippen LogP contribution in [0.1, 0.15) is 28.2 Å². The van der Waals surface area contributed by atoms with Crippen molar-refractivity contribution in [3.8, 4) is 5.75 Å². The molecule has 1 aromatic heterocycles. The van der Waals surface area contributed by atoms with Crippen molar-refractivity contribution < 1.29 is 9.53 Å². The maximum Gasteiger partial charge on any atom is 0.265 e. The topological polar surface area (TPSA) is 67.3 Å². The van der Waals surface area contributed by atoms with Crippen molar-refractivity contribution >= 4 is 23.1 Å². The first-order valence-corrected chi connectivity index (χ1v) is 8.44. The van der Waals surface area contributed by atoms with Crippen LogP contribution in [0.15, 0.2) is 24.3 Å². The van der Waals surface area contributed by atoms with E-state index in [1.807, 2.05) is 18.2 Å². The number of para-hydroxylation sites is 2. The van der Waals surface area contributed by atoms with E-state index in [2.05, 4.69) is 25.9 Å². The van der Waals surface area contributed by atoms with Crippen molar-refractivity contribution in [1.29, 1.82) is 0 Å². The van der Waals surface area contributed by atoms with E-state index >= 15 is 0 Å². The first-order valence-electron chi connectivity index (χ1n) is 7.67. The standard InChI is InChI=1S/C16H20N4O2S/c1-11-15(23-19-18-11)16(21)17-12-6-5-9-20(10-12)13-7-3-4-8-14(13)22-2/h3-4,7-8,12H,5-6,9-10H2,1-2H3,(H,17,21)/t12-/m0/s1. The molecule has 23 heavy (non-hydrogen) atoms. The number of anilines is 1. The number of amides is 1. The van der Waals surface area contributed by atoms with Crippen LogP contribution in [0.3, 0.4) is 0 Å². The summed E-state index contributed by atoms with van der Waals surface area (Å²) < 4.78 is 9.27. The summed E-state index contributed by atoms with van der Waals surface area (Å²) in [6.07, 6.45) is 2.01. The molecule has 1 N–H and O–H groups in total. The summed E-state index contributed by atoms with van der Waals surface area (Å²) in [5.41, 5.74) is 1.76. The van der Waals surface area contributed by atoms with Gasteiger partial charge in [0.2, 0.25) is 0 Å². The number of nitrogens with one attached hydrogen (secondary N) is 1. The number of aromatic nitrogens is 2. The average molecular weight is 332 g/mol. The van der Waals surface area contributed by atoms with E-state index in [-0.39, 0.29) is 11.9 Å². The SMILES string of the molecule is COc1ccccc1N1CCC[C@H](NC(=O)c2snnc2C)C1. The highest BCUT2D eigenvalue weighted by Gasteiger charge is 2.24. The van der Waals surface area contributed by atoms with E-state index in [0.717, 1.165) is 48.9 Å². The molecule has 1 atom stereocenters. The molecular formula is C16H20N4O2S. The third kappa shape index (κ3) is 3.44.